The maximum absolute atomic E-state index is 10.4. The van der Waals surface area contributed by atoms with E-state index >= 15 is 0 Å². The van der Waals surface area contributed by atoms with Crippen LogP contribution in [0.3, 0.4) is 0 Å². The molecule has 0 fully saturated rings. The lowest BCUT2D eigenvalue weighted by atomic mass is 9.93. The molecule has 7 heteroatoms. The highest BCUT2D eigenvalue weighted by molar-refractivity contribution is 6.22. The second-order valence-electron chi connectivity index (χ2n) is 10.0. The zero-order valence-electron chi connectivity index (χ0n) is 22.9. The van der Waals surface area contributed by atoms with E-state index in [9.17, 15) is 10.5 Å². The molecule has 0 saturated carbocycles. The third-order valence-corrected chi connectivity index (χ3v) is 7.57. The lowest BCUT2D eigenvalue weighted by molar-refractivity contribution is 1.30. The van der Waals surface area contributed by atoms with Crippen molar-refractivity contribution < 1.29 is 0 Å². The fraction of sp³-hybridized carbons (Fsp3) is 0. The molecule has 0 aliphatic carbocycles. The maximum Gasteiger partial charge on any atom is 0.187 e. The van der Waals surface area contributed by atoms with E-state index in [1.165, 1.54) is 0 Å². The van der Waals surface area contributed by atoms with Crippen molar-refractivity contribution in [2.75, 3.05) is 0 Å². The number of aromatic nitrogens is 3. The van der Waals surface area contributed by atoms with Crippen molar-refractivity contribution in [2.45, 2.75) is 0 Å². The summed E-state index contributed by atoms with van der Waals surface area (Å²) in [5.74, 6) is 0. The minimum Gasteiger partial charge on any atom is -0.247 e. The molecular weight excluding hydrogens is 542 g/mol. The first-order valence-corrected chi connectivity index (χ1v) is 13.6. The highest BCUT2D eigenvalue weighted by Crippen LogP contribution is 2.41. The third kappa shape index (κ3) is 4.15. The van der Waals surface area contributed by atoms with E-state index in [0.717, 1.165) is 16.5 Å². The molecule has 0 N–H and O–H groups in total. The number of hydrogen-bond donors (Lipinski definition) is 0. The number of para-hydroxylation sites is 1. The Kier molecular flexibility index (Phi) is 6.19. The molecule has 0 saturated heterocycles. The molecule has 5 aromatic carbocycles. The molecule has 2 heterocycles. The van der Waals surface area contributed by atoms with Crippen LogP contribution < -0.4 is 0 Å². The summed E-state index contributed by atoms with van der Waals surface area (Å²) in [5.41, 5.74) is 7.40. The fourth-order valence-electron chi connectivity index (χ4n) is 5.52. The number of pyridine rings is 1. The zero-order valence-corrected chi connectivity index (χ0v) is 22.9. The largest absolute Gasteiger partial charge is 0.247 e. The molecule has 7 rings (SSSR count). The average molecular weight is 560 g/mol. The Morgan fingerprint density at radius 1 is 0.545 bits per heavy atom. The molecule has 44 heavy (non-hydrogen) atoms. The van der Waals surface area contributed by atoms with Crippen LogP contribution in [-0.4, -0.2) is 15.0 Å². The molecule has 0 spiro atoms. The summed E-state index contributed by atoms with van der Waals surface area (Å²) in [6.07, 6.45) is 0. The van der Waals surface area contributed by atoms with E-state index in [-0.39, 0.29) is 0 Å². The molecule has 0 unspecified atom stereocenters. The van der Waals surface area contributed by atoms with Crippen LogP contribution in [0.2, 0.25) is 0 Å². The van der Waals surface area contributed by atoms with Gasteiger partial charge >= 0.3 is 0 Å². The number of hydrogen-bond acceptors (Lipinski definition) is 5. The second-order valence-corrected chi connectivity index (χ2v) is 10.0. The van der Waals surface area contributed by atoms with Gasteiger partial charge in [-0.2, -0.15) is 10.5 Å². The van der Waals surface area contributed by atoms with Gasteiger partial charge in [-0.15, -0.1) is 0 Å². The minimum absolute atomic E-state index is 0.416. The van der Waals surface area contributed by atoms with Crippen molar-refractivity contribution in [3.05, 3.63) is 137 Å². The first-order chi connectivity index (χ1) is 21.6. The Balaban J connectivity index is 1.69. The zero-order chi connectivity index (χ0) is 30.2. The Bertz CT molecular complexity index is 2470. The normalized spacial score (nSPS) is 10.6. The molecule has 2 aromatic heterocycles. The summed E-state index contributed by atoms with van der Waals surface area (Å²) in [7, 11) is 0. The Morgan fingerprint density at radius 3 is 1.75 bits per heavy atom. The maximum atomic E-state index is 10.4. The average Bonchev–Trinajstić information content (AvgIpc) is 3.10. The van der Waals surface area contributed by atoms with Crippen molar-refractivity contribution in [1.82, 2.24) is 15.0 Å². The standard InChI is InChI=1S/C37H17N7/c1-40-26-15-11-22(12-16-26)34-35(23-13-17-27(41-2)18-14-23)44-37-31(43-34)19-25(21-39)32-29-9-5-6-10-30(29)42-36(33(32)37)28-8-4-3-7-24(28)20-38/h3-19H. The van der Waals surface area contributed by atoms with Crippen molar-refractivity contribution in [2.24, 2.45) is 0 Å². The van der Waals surface area contributed by atoms with Crippen LogP contribution in [-0.2, 0) is 0 Å². The van der Waals surface area contributed by atoms with Crippen molar-refractivity contribution in [3.63, 3.8) is 0 Å². The Morgan fingerprint density at radius 2 is 1.11 bits per heavy atom. The highest BCUT2D eigenvalue weighted by atomic mass is 14.8. The highest BCUT2D eigenvalue weighted by Gasteiger charge is 2.22. The second kappa shape index (κ2) is 10.5. The van der Waals surface area contributed by atoms with E-state index in [0.29, 0.717) is 72.5 Å². The molecule has 7 aromatic rings. The lowest BCUT2D eigenvalue weighted by Gasteiger charge is -2.16. The van der Waals surface area contributed by atoms with Crippen molar-refractivity contribution in [1.29, 1.82) is 10.5 Å². The smallest absolute Gasteiger partial charge is 0.187 e. The molecule has 0 aliphatic rings. The number of nitrogens with zero attached hydrogens (tertiary/aromatic N) is 7. The van der Waals surface area contributed by atoms with Gasteiger partial charge in [0.15, 0.2) is 11.4 Å². The van der Waals surface area contributed by atoms with E-state index in [2.05, 4.69) is 21.8 Å². The van der Waals surface area contributed by atoms with Gasteiger partial charge in [-0.25, -0.2) is 24.6 Å². The lowest BCUT2D eigenvalue weighted by Crippen LogP contribution is -2.00. The van der Waals surface area contributed by atoms with Gasteiger partial charge in [0.1, 0.15) is 0 Å². The summed E-state index contributed by atoms with van der Waals surface area (Å²) < 4.78 is 0. The molecule has 0 aliphatic heterocycles. The van der Waals surface area contributed by atoms with Gasteiger partial charge in [0, 0.05) is 21.7 Å². The third-order valence-electron chi connectivity index (χ3n) is 7.57. The quantitative estimate of drug-likeness (QED) is 0.159. The molecular formula is C37H17N7. The first kappa shape index (κ1) is 26.0. The summed E-state index contributed by atoms with van der Waals surface area (Å²) in [5, 5.41) is 22.5. The van der Waals surface area contributed by atoms with Gasteiger partial charge in [0.05, 0.1) is 70.0 Å². The van der Waals surface area contributed by atoms with Gasteiger partial charge in [-0.05, 0) is 29.3 Å². The van der Waals surface area contributed by atoms with Crippen LogP contribution in [0.4, 0.5) is 11.4 Å². The van der Waals surface area contributed by atoms with Gasteiger partial charge < -0.3 is 0 Å². The van der Waals surface area contributed by atoms with Crippen LogP contribution in [0.25, 0.3) is 76.2 Å². The van der Waals surface area contributed by atoms with Crippen LogP contribution in [0.1, 0.15) is 11.1 Å². The fourth-order valence-corrected chi connectivity index (χ4v) is 5.52. The monoisotopic (exact) mass is 559 g/mol. The Hall–Kier alpha value is -6.93. The molecule has 0 atom stereocenters. The molecule has 200 valence electrons. The number of benzene rings is 5. The molecule has 0 amide bonds. The number of rotatable bonds is 3. The Labute approximate surface area is 252 Å². The SMILES string of the molecule is [C-]#[N+]c1ccc(-c2nc3cc(C#N)c4c5ccccc5nc(-c5ccccc5C#N)c4c3nc2-c2ccc([N+]#[C-])cc2)cc1. The van der Waals surface area contributed by atoms with Crippen LogP contribution in [0.15, 0.2) is 103 Å². The summed E-state index contributed by atoms with van der Waals surface area (Å²) >= 11 is 0. The predicted octanol–water partition coefficient (Wildman–Crippen LogP) is 9.18. The van der Waals surface area contributed by atoms with Gasteiger partial charge in [-0.1, -0.05) is 84.9 Å². The molecule has 0 bridgehead atoms. The summed E-state index contributed by atoms with van der Waals surface area (Å²) in [6.45, 7) is 14.7. The van der Waals surface area contributed by atoms with E-state index in [1.54, 1.807) is 42.5 Å². The first-order valence-electron chi connectivity index (χ1n) is 13.6. The van der Waals surface area contributed by atoms with Gasteiger partial charge in [0.2, 0.25) is 0 Å². The number of fused-ring (bicyclic) bond motifs is 5. The summed E-state index contributed by atoms with van der Waals surface area (Å²) in [4.78, 5) is 22.4. The van der Waals surface area contributed by atoms with E-state index < -0.39 is 0 Å². The van der Waals surface area contributed by atoms with E-state index in [4.69, 9.17) is 28.1 Å². The van der Waals surface area contributed by atoms with Gasteiger partial charge in [-0.3, -0.25) is 0 Å². The minimum atomic E-state index is 0.416. The van der Waals surface area contributed by atoms with Crippen LogP contribution in [0.5, 0.6) is 0 Å². The van der Waals surface area contributed by atoms with Crippen LogP contribution >= 0.6 is 0 Å². The summed E-state index contributed by atoms with van der Waals surface area (Å²) in [6, 6.07) is 35.6. The predicted molar refractivity (Wildman–Crippen MR) is 171 cm³/mol. The molecule has 0 radical (unpaired) electrons. The van der Waals surface area contributed by atoms with Crippen molar-refractivity contribution >= 4 is 44.1 Å². The van der Waals surface area contributed by atoms with Crippen molar-refractivity contribution in [3.8, 4) is 45.9 Å². The van der Waals surface area contributed by atoms with Gasteiger partial charge in [0.25, 0.3) is 0 Å². The molecule has 7 nitrogen and oxygen atoms in total. The topological polar surface area (TPSA) is 95.0 Å². The van der Waals surface area contributed by atoms with Crippen LogP contribution in [0, 0.1) is 35.8 Å². The number of nitriles is 2. The van der Waals surface area contributed by atoms with E-state index in [1.807, 2.05) is 60.7 Å².